The summed E-state index contributed by atoms with van der Waals surface area (Å²) < 4.78 is 0. The highest BCUT2D eigenvalue weighted by molar-refractivity contribution is 5.86. The lowest BCUT2D eigenvalue weighted by Crippen LogP contribution is -2.14. The maximum Gasteiger partial charge on any atom is 0.330 e. The summed E-state index contributed by atoms with van der Waals surface area (Å²) in [6.45, 7) is 7.32. The van der Waals surface area contributed by atoms with Gasteiger partial charge in [0.15, 0.2) is 0 Å². The molecule has 0 heterocycles. The average molecular weight is 282 g/mol. The van der Waals surface area contributed by atoms with Crippen LogP contribution in [0.1, 0.15) is 53.4 Å². The number of rotatable bonds is 9. The van der Waals surface area contributed by atoms with Crippen molar-refractivity contribution in [2.24, 2.45) is 11.8 Å². The van der Waals surface area contributed by atoms with Crippen molar-refractivity contribution >= 4 is 11.9 Å². The van der Waals surface area contributed by atoms with Crippen LogP contribution in [0, 0.1) is 11.8 Å². The highest BCUT2D eigenvalue weighted by Crippen LogP contribution is 2.27. The lowest BCUT2D eigenvalue weighted by molar-refractivity contribution is -0.133. The fourth-order valence-corrected chi connectivity index (χ4v) is 2.24. The molecule has 0 fully saturated rings. The van der Waals surface area contributed by atoms with E-state index in [0.29, 0.717) is 17.6 Å². The summed E-state index contributed by atoms with van der Waals surface area (Å²) in [6.07, 6.45) is 7.03. The molecule has 0 radical (unpaired) electrons. The molecule has 4 nitrogen and oxygen atoms in total. The van der Waals surface area contributed by atoms with Gasteiger partial charge in [-0.25, -0.2) is 9.59 Å². The molecule has 0 aliphatic heterocycles. The Morgan fingerprint density at radius 3 is 2.00 bits per heavy atom. The molecule has 2 N–H and O–H groups in total. The summed E-state index contributed by atoms with van der Waals surface area (Å²) in [5.74, 6) is -1.33. The van der Waals surface area contributed by atoms with E-state index in [-0.39, 0.29) is 11.8 Å². The van der Waals surface area contributed by atoms with Gasteiger partial charge in [-0.3, -0.25) is 0 Å². The molecular weight excluding hydrogens is 256 g/mol. The van der Waals surface area contributed by atoms with Crippen LogP contribution in [0.15, 0.2) is 23.3 Å². The van der Waals surface area contributed by atoms with Gasteiger partial charge in [0, 0.05) is 11.1 Å². The second kappa shape index (κ2) is 9.34. The Balaban J connectivity index is 5.02. The third kappa shape index (κ3) is 6.55. The number of allylic oxidation sites excluding steroid dienone is 2. The van der Waals surface area contributed by atoms with Crippen molar-refractivity contribution in [3.8, 4) is 0 Å². The van der Waals surface area contributed by atoms with Crippen molar-refractivity contribution in [2.75, 3.05) is 0 Å². The maximum absolute atomic E-state index is 10.9. The summed E-state index contributed by atoms with van der Waals surface area (Å²) in [4.78, 5) is 21.8. The van der Waals surface area contributed by atoms with E-state index in [1.807, 2.05) is 6.08 Å². The number of aliphatic carboxylic acids is 2. The number of hydrogen-bond acceptors (Lipinski definition) is 2. The topological polar surface area (TPSA) is 74.6 Å². The second-order valence-electron chi connectivity index (χ2n) is 5.20. The summed E-state index contributed by atoms with van der Waals surface area (Å²) in [7, 11) is 0. The molecule has 0 saturated carbocycles. The van der Waals surface area contributed by atoms with Gasteiger partial charge in [-0.15, -0.1) is 0 Å². The Hall–Kier alpha value is -1.58. The molecule has 0 aromatic heterocycles. The molecule has 2 atom stereocenters. The van der Waals surface area contributed by atoms with Crippen LogP contribution in [0.5, 0.6) is 0 Å². The Morgan fingerprint density at radius 2 is 1.60 bits per heavy atom. The zero-order valence-corrected chi connectivity index (χ0v) is 12.8. The normalized spacial score (nSPS) is 15.8. The number of carboxylic acids is 2. The first-order chi connectivity index (χ1) is 9.33. The molecule has 114 valence electrons. The Labute approximate surface area is 121 Å². The quantitative estimate of drug-likeness (QED) is 0.629. The maximum atomic E-state index is 10.9. The Bertz CT molecular complexity index is 393. The number of carboxylic acid groups (broad SMARTS) is 2. The zero-order chi connectivity index (χ0) is 15.7. The molecule has 0 aliphatic carbocycles. The average Bonchev–Trinajstić information content (AvgIpc) is 2.38. The molecule has 0 bridgehead atoms. The monoisotopic (exact) mass is 282 g/mol. The van der Waals surface area contributed by atoms with Gasteiger partial charge in [-0.2, -0.15) is 0 Å². The van der Waals surface area contributed by atoms with Gasteiger partial charge in [-0.1, -0.05) is 38.8 Å². The van der Waals surface area contributed by atoms with E-state index in [2.05, 4.69) is 13.8 Å². The molecule has 0 saturated heterocycles. The predicted octanol–water partition coefficient (Wildman–Crippen LogP) is 3.88. The summed E-state index contributed by atoms with van der Waals surface area (Å²) in [5.41, 5.74) is 0.707. The van der Waals surface area contributed by atoms with Crippen LogP contribution in [0.3, 0.4) is 0 Å². The van der Waals surface area contributed by atoms with E-state index >= 15 is 0 Å². The highest BCUT2D eigenvalue weighted by Gasteiger charge is 2.18. The lowest BCUT2D eigenvalue weighted by atomic mass is 9.82. The predicted molar refractivity (Wildman–Crippen MR) is 79.6 cm³/mol. The van der Waals surface area contributed by atoms with Crippen molar-refractivity contribution in [3.05, 3.63) is 23.3 Å². The number of hydrogen-bond donors (Lipinski definition) is 2. The third-order valence-electron chi connectivity index (χ3n) is 3.62. The third-order valence-corrected chi connectivity index (χ3v) is 3.62. The van der Waals surface area contributed by atoms with Crippen molar-refractivity contribution in [3.63, 3.8) is 0 Å². The lowest BCUT2D eigenvalue weighted by Gasteiger charge is -2.22. The van der Waals surface area contributed by atoms with Crippen LogP contribution in [0.2, 0.25) is 0 Å². The van der Waals surface area contributed by atoms with Crippen molar-refractivity contribution < 1.29 is 19.8 Å². The molecule has 0 amide bonds. The molecule has 0 aromatic rings. The minimum absolute atomic E-state index is 0.180. The molecular formula is C16H26O4. The molecule has 4 heteroatoms. The second-order valence-corrected chi connectivity index (χ2v) is 5.20. The fraction of sp³-hybridized carbons (Fsp3) is 0.625. The summed E-state index contributed by atoms with van der Waals surface area (Å²) >= 11 is 0. The molecule has 0 rings (SSSR count). The van der Waals surface area contributed by atoms with E-state index in [1.54, 1.807) is 19.9 Å². The van der Waals surface area contributed by atoms with Crippen LogP contribution in [0.25, 0.3) is 0 Å². The van der Waals surface area contributed by atoms with Crippen LogP contribution in [0.4, 0.5) is 0 Å². The first-order valence-electron chi connectivity index (χ1n) is 7.15. The van der Waals surface area contributed by atoms with E-state index < -0.39 is 11.9 Å². The van der Waals surface area contributed by atoms with Crippen LogP contribution < -0.4 is 0 Å². The Kier molecular flexibility index (Phi) is 8.61. The SMILES string of the molecule is CCCC(/C=C(\C)C(=O)O)C(CC)C/C=C(\C)C(=O)O. The minimum Gasteiger partial charge on any atom is -0.478 e. The molecule has 0 aromatic carbocycles. The van der Waals surface area contributed by atoms with E-state index in [4.69, 9.17) is 10.2 Å². The van der Waals surface area contributed by atoms with Gasteiger partial charge in [0.25, 0.3) is 0 Å². The first kappa shape index (κ1) is 18.4. The van der Waals surface area contributed by atoms with Gasteiger partial charge in [0.05, 0.1) is 0 Å². The standard InChI is InChI=1S/C16H26O4/c1-5-7-14(10-12(4)16(19)20)13(6-2)9-8-11(3)15(17)18/h8,10,13-14H,5-7,9H2,1-4H3,(H,17,18)(H,19,20)/b11-8+,12-10+. The van der Waals surface area contributed by atoms with Crippen molar-refractivity contribution in [2.45, 2.75) is 53.4 Å². The number of carbonyl (C=O) groups is 2. The molecule has 20 heavy (non-hydrogen) atoms. The summed E-state index contributed by atoms with van der Waals surface area (Å²) in [6, 6.07) is 0. The van der Waals surface area contributed by atoms with Gasteiger partial charge in [0.1, 0.15) is 0 Å². The summed E-state index contributed by atoms with van der Waals surface area (Å²) in [5, 5.41) is 17.9. The van der Waals surface area contributed by atoms with Crippen molar-refractivity contribution in [1.29, 1.82) is 0 Å². The largest absolute Gasteiger partial charge is 0.478 e. The van der Waals surface area contributed by atoms with E-state index in [1.165, 1.54) is 0 Å². The fourth-order valence-electron chi connectivity index (χ4n) is 2.24. The Morgan fingerprint density at radius 1 is 1.05 bits per heavy atom. The first-order valence-corrected chi connectivity index (χ1v) is 7.15. The van der Waals surface area contributed by atoms with Crippen LogP contribution in [-0.2, 0) is 9.59 Å². The van der Waals surface area contributed by atoms with Gasteiger partial charge >= 0.3 is 11.9 Å². The van der Waals surface area contributed by atoms with Gasteiger partial charge < -0.3 is 10.2 Å². The smallest absolute Gasteiger partial charge is 0.330 e. The zero-order valence-electron chi connectivity index (χ0n) is 12.8. The van der Waals surface area contributed by atoms with Crippen LogP contribution in [-0.4, -0.2) is 22.2 Å². The van der Waals surface area contributed by atoms with E-state index in [9.17, 15) is 9.59 Å². The van der Waals surface area contributed by atoms with E-state index in [0.717, 1.165) is 19.3 Å². The highest BCUT2D eigenvalue weighted by atomic mass is 16.4. The minimum atomic E-state index is -0.899. The van der Waals surface area contributed by atoms with Gasteiger partial charge in [0.2, 0.25) is 0 Å². The van der Waals surface area contributed by atoms with Gasteiger partial charge in [-0.05, 0) is 38.5 Å². The van der Waals surface area contributed by atoms with Crippen molar-refractivity contribution in [1.82, 2.24) is 0 Å². The van der Waals surface area contributed by atoms with Crippen LogP contribution >= 0.6 is 0 Å². The molecule has 0 spiro atoms. The molecule has 0 aliphatic rings. The molecule has 2 unspecified atom stereocenters.